The summed E-state index contributed by atoms with van der Waals surface area (Å²) >= 11 is 6.01. The zero-order valence-electron chi connectivity index (χ0n) is 17.1. The number of nitrogen functional groups attached to an aromatic ring is 1. The second-order valence-electron chi connectivity index (χ2n) is 8.19. The number of imidazole rings is 1. The number of benzene rings is 2. The fraction of sp³-hybridized carbons (Fsp3) is 0.250. The number of halogens is 1. The van der Waals surface area contributed by atoms with Gasteiger partial charge in [0.05, 0.1) is 5.69 Å². The van der Waals surface area contributed by atoms with Gasteiger partial charge >= 0.3 is 0 Å². The number of fused-ring (bicyclic) bond motifs is 1. The summed E-state index contributed by atoms with van der Waals surface area (Å²) in [6.45, 7) is 0. The molecule has 0 aliphatic heterocycles. The molecule has 0 amide bonds. The van der Waals surface area contributed by atoms with Crippen LogP contribution in [0.15, 0.2) is 60.9 Å². The number of hydrogen-bond donors (Lipinski definition) is 3. The summed E-state index contributed by atoms with van der Waals surface area (Å²) in [7, 11) is 0. The molecule has 1 saturated carbocycles. The summed E-state index contributed by atoms with van der Waals surface area (Å²) in [5, 5.41) is 8.86. The maximum Gasteiger partial charge on any atom is 0.177 e. The van der Waals surface area contributed by atoms with E-state index in [0.29, 0.717) is 11.7 Å². The van der Waals surface area contributed by atoms with Crippen LogP contribution in [0.5, 0.6) is 0 Å². The lowest BCUT2D eigenvalue weighted by molar-refractivity contribution is 0.396. The van der Waals surface area contributed by atoms with Crippen LogP contribution in [0, 0.1) is 0 Å². The summed E-state index contributed by atoms with van der Waals surface area (Å²) in [4.78, 5) is 4.54. The molecule has 31 heavy (non-hydrogen) atoms. The van der Waals surface area contributed by atoms with Crippen molar-refractivity contribution >= 4 is 34.4 Å². The van der Waals surface area contributed by atoms with Gasteiger partial charge in [0.25, 0.3) is 0 Å². The minimum Gasteiger partial charge on any atom is -0.382 e. The second-order valence-corrected chi connectivity index (χ2v) is 8.63. The molecule has 0 bridgehead atoms. The topological polar surface area (TPSA) is 94.3 Å². The van der Waals surface area contributed by atoms with Crippen molar-refractivity contribution in [1.29, 1.82) is 0 Å². The lowest BCUT2D eigenvalue weighted by Gasteiger charge is -2.28. The Labute approximate surface area is 186 Å². The van der Waals surface area contributed by atoms with Crippen LogP contribution in [-0.2, 0) is 0 Å². The van der Waals surface area contributed by atoms with Crippen molar-refractivity contribution in [3.8, 4) is 11.1 Å². The highest BCUT2D eigenvalue weighted by molar-refractivity contribution is 6.30. The predicted octanol–water partition coefficient (Wildman–Crippen LogP) is 5.36. The van der Waals surface area contributed by atoms with Crippen LogP contribution in [0.4, 0.5) is 17.2 Å². The second kappa shape index (κ2) is 8.21. The molecule has 2 aromatic heterocycles. The average molecular weight is 433 g/mol. The Morgan fingerprint density at radius 1 is 0.935 bits per heavy atom. The van der Waals surface area contributed by atoms with E-state index in [2.05, 4.69) is 39.7 Å². The first-order chi connectivity index (χ1) is 15.1. The van der Waals surface area contributed by atoms with Crippen molar-refractivity contribution in [2.75, 3.05) is 11.1 Å². The number of anilines is 3. The largest absolute Gasteiger partial charge is 0.382 e. The Hall–Kier alpha value is -3.09. The number of rotatable bonds is 4. The van der Waals surface area contributed by atoms with Crippen molar-refractivity contribution in [2.45, 2.75) is 37.6 Å². The molecular weight excluding hydrogens is 408 g/mol. The van der Waals surface area contributed by atoms with Crippen molar-refractivity contribution in [2.24, 2.45) is 5.73 Å². The minimum atomic E-state index is 0.275. The summed E-state index contributed by atoms with van der Waals surface area (Å²) in [5.74, 6) is 0.871. The monoisotopic (exact) mass is 432 g/mol. The number of nitrogens with one attached hydrogen (secondary N) is 1. The fourth-order valence-electron chi connectivity index (χ4n) is 4.45. The first-order valence-corrected chi connectivity index (χ1v) is 11.0. The van der Waals surface area contributed by atoms with Gasteiger partial charge in [0, 0.05) is 34.7 Å². The van der Waals surface area contributed by atoms with E-state index in [4.69, 9.17) is 23.1 Å². The third kappa shape index (κ3) is 3.96. The van der Waals surface area contributed by atoms with Gasteiger partial charge in [0.1, 0.15) is 5.82 Å². The van der Waals surface area contributed by atoms with Crippen molar-refractivity contribution < 1.29 is 0 Å². The van der Waals surface area contributed by atoms with Crippen LogP contribution in [-0.4, -0.2) is 20.6 Å². The number of hydrogen-bond acceptors (Lipinski definition) is 5. The van der Waals surface area contributed by atoms with Gasteiger partial charge in [-0.05, 0) is 67.0 Å². The number of nitrogens with two attached hydrogens (primary N) is 2. The SMILES string of the molecule is Nc1nn2ccnc2c(Nc2ccc(-c3ccc(Cl)cc3)cc2)c1[C@H]1CC[C@H](N)CC1. The third-order valence-electron chi connectivity index (χ3n) is 6.12. The maximum absolute atomic E-state index is 6.44. The molecule has 1 fully saturated rings. The minimum absolute atomic E-state index is 0.275. The summed E-state index contributed by atoms with van der Waals surface area (Å²) in [6, 6.07) is 16.5. The van der Waals surface area contributed by atoms with E-state index in [9.17, 15) is 0 Å². The number of aromatic nitrogens is 3. The Balaban J connectivity index is 1.50. The fourth-order valence-corrected chi connectivity index (χ4v) is 4.58. The molecule has 5 N–H and O–H groups in total. The predicted molar refractivity (Wildman–Crippen MR) is 127 cm³/mol. The molecule has 1 aliphatic rings. The first kappa shape index (κ1) is 19.8. The molecule has 5 rings (SSSR count). The van der Waals surface area contributed by atoms with Crippen LogP contribution >= 0.6 is 11.6 Å². The summed E-state index contributed by atoms with van der Waals surface area (Å²) in [6.07, 6.45) is 7.58. The Bertz CT molecular complexity index is 1190. The molecule has 6 nitrogen and oxygen atoms in total. The lowest BCUT2D eigenvalue weighted by Crippen LogP contribution is -2.26. The molecule has 2 aromatic carbocycles. The van der Waals surface area contributed by atoms with E-state index in [0.717, 1.165) is 64.4 Å². The molecule has 2 heterocycles. The van der Waals surface area contributed by atoms with Gasteiger partial charge in [-0.25, -0.2) is 9.50 Å². The lowest BCUT2D eigenvalue weighted by atomic mass is 9.81. The highest BCUT2D eigenvalue weighted by Gasteiger charge is 2.27. The Morgan fingerprint density at radius 2 is 1.58 bits per heavy atom. The van der Waals surface area contributed by atoms with E-state index in [-0.39, 0.29) is 6.04 Å². The normalized spacial score (nSPS) is 18.9. The van der Waals surface area contributed by atoms with Gasteiger partial charge in [-0.15, -0.1) is 5.10 Å². The van der Waals surface area contributed by atoms with Crippen LogP contribution in [0.25, 0.3) is 16.8 Å². The van der Waals surface area contributed by atoms with Gasteiger partial charge in [0.2, 0.25) is 0 Å². The standard InChI is InChI=1S/C24H25ClN6/c25-18-7-1-15(2-8-18)16-5-11-20(12-6-16)29-22-21(17-3-9-19(26)10-4-17)23(27)30-31-14-13-28-24(22)31/h1-2,5-8,11-14,17,19,29H,3-4,9-10,26H2,(H2,27,30)/t17-,19-. The highest BCUT2D eigenvalue weighted by Crippen LogP contribution is 2.41. The smallest absolute Gasteiger partial charge is 0.177 e. The highest BCUT2D eigenvalue weighted by atomic mass is 35.5. The molecule has 0 unspecified atom stereocenters. The van der Waals surface area contributed by atoms with Crippen LogP contribution in [0.2, 0.25) is 5.02 Å². The molecule has 1 aliphatic carbocycles. The molecule has 158 valence electrons. The van der Waals surface area contributed by atoms with Gasteiger partial charge in [-0.1, -0.05) is 35.9 Å². The van der Waals surface area contributed by atoms with Gasteiger partial charge in [-0.2, -0.15) is 0 Å². The molecule has 0 spiro atoms. The van der Waals surface area contributed by atoms with Crippen molar-refractivity contribution in [1.82, 2.24) is 14.6 Å². The molecular formula is C24H25ClN6. The van der Waals surface area contributed by atoms with Crippen LogP contribution < -0.4 is 16.8 Å². The van der Waals surface area contributed by atoms with E-state index < -0.39 is 0 Å². The molecule has 7 heteroatoms. The molecule has 0 radical (unpaired) electrons. The van der Waals surface area contributed by atoms with Crippen LogP contribution in [0.3, 0.4) is 0 Å². The van der Waals surface area contributed by atoms with E-state index in [1.54, 1.807) is 10.7 Å². The van der Waals surface area contributed by atoms with Gasteiger partial charge in [-0.3, -0.25) is 0 Å². The van der Waals surface area contributed by atoms with Gasteiger partial charge < -0.3 is 16.8 Å². The van der Waals surface area contributed by atoms with E-state index in [1.165, 1.54) is 0 Å². The third-order valence-corrected chi connectivity index (χ3v) is 6.37. The van der Waals surface area contributed by atoms with E-state index >= 15 is 0 Å². The van der Waals surface area contributed by atoms with E-state index in [1.807, 2.05) is 30.5 Å². The first-order valence-electron chi connectivity index (χ1n) is 10.6. The average Bonchev–Trinajstić information content (AvgIpc) is 3.24. The molecule has 4 aromatic rings. The zero-order chi connectivity index (χ0) is 21.4. The Morgan fingerprint density at radius 3 is 2.26 bits per heavy atom. The zero-order valence-corrected chi connectivity index (χ0v) is 17.9. The number of nitrogens with zero attached hydrogens (tertiary/aromatic N) is 3. The van der Waals surface area contributed by atoms with Gasteiger partial charge in [0.15, 0.2) is 5.65 Å². The molecule has 0 saturated heterocycles. The summed E-state index contributed by atoms with van der Waals surface area (Å²) < 4.78 is 1.73. The summed E-state index contributed by atoms with van der Waals surface area (Å²) in [5.41, 5.74) is 18.6. The molecule has 0 atom stereocenters. The van der Waals surface area contributed by atoms with Crippen molar-refractivity contribution in [3.05, 3.63) is 71.5 Å². The Kier molecular flexibility index (Phi) is 5.26. The maximum atomic E-state index is 6.44. The quantitative estimate of drug-likeness (QED) is 0.403. The van der Waals surface area contributed by atoms with Crippen LogP contribution in [0.1, 0.15) is 37.2 Å². The van der Waals surface area contributed by atoms with Crippen molar-refractivity contribution in [3.63, 3.8) is 0 Å².